The van der Waals surface area contributed by atoms with Crippen LogP contribution >= 0.6 is 15.9 Å². The molecule has 0 heterocycles. The van der Waals surface area contributed by atoms with E-state index in [1.54, 1.807) is 0 Å². The Morgan fingerprint density at radius 3 is 2.86 bits per heavy atom. The van der Waals surface area contributed by atoms with Crippen LogP contribution in [0.3, 0.4) is 0 Å². The summed E-state index contributed by atoms with van der Waals surface area (Å²) < 4.78 is 0.999. The van der Waals surface area contributed by atoms with E-state index < -0.39 is 12.0 Å². The van der Waals surface area contributed by atoms with Gasteiger partial charge in [0.1, 0.15) is 6.04 Å². The van der Waals surface area contributed by atoms with Crippen molar-refractivity contribution in [3.63, 3.8) is 0 Å². The zero-order valence-electron chi connectivity index (χ0n) is 7.61. The summed E-state index contributed by atoms with van der Waals surface area (Å²) in [6.07, 6.45) is 1.15. The molecule has 0 bridgehead atoms. The second-order valence-electron chi connectivity index (χ2n) is 3.11. The van der Waals surface area contributed by atoms with Crippen LogP contribution < -0.4 is 5.73 Å². The van der Waals surface area contributed by atoms with Gasteiger partial charge in [0.2, 0.25) is 0 Å². The van der Waals surface area contributed by atoms with Crippen molar-refractivity contribution in [2.24, 2.45) is 5.73 Å². The van der Waals surface area contributed by atoms with Crippen molar-refractivity contribution >= 4 is 21.9 Å². The molecule has 0 radical (unpaired) electrons. The molecule has 0 unspecified atom stereocenters. The van der Waals surface area contributed by atoms with Crippen LogP contribution in [-0.4, -0.2) is 17.1 Å². The lowest BCUT2D eigenvalue weighted by Gasteiger charge is -2.06. The lowest BCUT2D eigenvalue weighted by molar-refractivity contribution is -0.138. The Kier molecular flexibility index (Phi) is 4.10. The summed E-state index contributed by atoms with van der Waals surface area (Å²) in [5, 5.41) is 8.58. The van der Waals surface area contributed by atoms with Crippen LogP contribution in [0.4, 0.5) is 0 Å². The van der Waals surface area contributed by atoms with Gasteiger partial charge in [-0.1, -0.05) is 28.1 Å². The summed E-state index contributed by atoms with van der Waals surface area (Å²) in [6.45, 7) is 0. The van der Waals surface area contributed by atoms with Crippen LogP contribution in [0.5, 0.6) is 0 Å². The number of halogens is 1. The van der Waals surface area contributed by atoms with Crippen molar-refractivity contribution in [2.45, 2.75) is 18.9 Å². The molecule has 0 amide bonds. The second kappa shape index (κ2) is 5.12. The van der Waals surface area contributed by atoms with E-state index in [0.717, 1.165) is 10.0 Å². The van der Waals surface area contributed by atoms with E-state index in [4.69, 9.17) is 10.8 Å². The molecular formula is C10H12BrNO2. The van der Waals surface area contributed by atoms with Gasteiger partial charge in [-0.15, -0.1) is 0 Å². The molecule has 3 nitrogen and oxygen atoms in total. The molecule has 0 saturated carbocycles. The first-order valence-electron chi connectivity index (χ1n) is 4.32. The topological polar surface area (TPSA) is 63.3 Å². The molecule has 76 valence electrons. The molecule has 0 spiro atoms. The van der Waals surface area contributed by atoms with Gasteiger partial charge in [-0.05, 0) is 30.5 Å². The van der Waals surface area contributed by atoms with E-state index in [1.165, 1.54) is 0 Å². The van der Waals surface area contributed by atoms with Gasteiger partial charge in [0.05, 0.1) is 0 Å². The van der Waals surface area contributed by atoms with E-state index >= 15 is 0 Å². The number of hydrogen-bond donors (Lipinski definition) is 2. The minimum atomic E-state index is -0.944. The summed E-state index contributed by atoms with van der Waals surface area (Å²) in [7, 11) is 0. The number of rotatable bonds is 4. The van der Waals surface area contributed by atoms with Gasteiger partial charge in [-0.25, -0.2) is 0 Å². The average Bonchev–Trinajstić information content (AvgIpc) is 2.14. The summed E-state index contributed by atoms with van der Waals surface area (Å²) in [5.41, 5.74) is 6.48. The highest BCUT2D eigenvalue weighted by atomic mass is 79.9. The normalized spacial score (nSPS) is 12.4. The molecule has 0 aliphatic heterocycles. The third-order valence-corrected chi connectivity index (χ3v) is 2.44. The molecule has 0 aliphatic rings. The van der Waals surface area contributed by atoms with Gasteiger partial charge in [-0.3, -0.25) is 4.79 Å². The SMILES string of the molecule is N[C@H](CCc1cccc(Br)c1)C(=O)O. The number of carboxylic acid groups (broad SMARTS) is 1. The molecule has 1 rings (SSSR count). The minimum absolute atomic E-state index is 0.464. The van der Waals surface area contributed by atoms with Crippen molar-refractivity contribution in [3.05, 3.63) is 34.3 Å². The number of carboxylic acids is 1. The summed E-state index contributed by atoms with van der Waals surface area (Å²) in [5.74, 6) is -0.944. The summed E-state index contributed by atoms with van der Waals surface area (Å²) in [6, 6.07) is 7.01. The fourth-order valence-corrected chi connectivity index (χ4v) is 1.58. The Balaban J connectivity index is 2.49. The molecule has 0 aromatic heterocycles. The number of nitrogens with two attached hydrogens (primary N) is 1. The minimum Gasteiger partial charge on any atom is -0.480 e. The molecule has 14 heavy (non-hydrogen) atoms. The molecule has 1 aromatic rings. The van der Waals surface area contributed by atoms with Crippen LogP contribution in [0.1, 0.15) is 12.0 Å². The van der Waals surface area contributed by atoms with Crippen LogP contribution in [0, 0.1) is 0 Å². The highest BCUT2D eigenvalue weighted by Crippen LogP contribution is 2.13. The molecular weight excluding hydrogens is 246 g/mol. The van der Waals surface area contributed by atoms with Crippen molar-refractivity contribution in [2.75, 3.05) is 0 Å². The Labute approximate surface area is 91.1 Å². The molecule has 0 aliphatic carbocycles. The van der Waals surface area contributed by atoms with Crippen molar-refractivity contribution in [1.82, 2.24) is 0 Å². The molecule has 0 fully saturated rings. The quantitative estimate of drug-likeness (QED) is 0.865. The maximum atomic E-state index is 10.5. The van der Waals surface area contributed by atoms with E-state index in [-0.39, 0.29) is 0 Å². The standard InChI is InChI=1S/C10H12BrNO2/c11-8-3-1-2-7(6-8)4-5-9(12)10(13)14/h1-3,6,9H,4-5,12H2,(H,13,14)/t9-/m1/s1. The van der Waals surface area contributed by atoms with E-state index in [2.05, 4.69) is 15.9 Å². The van der Waals surface area contributed by atoms with Gasteiger partial charge in [0.15, 0.2) is 0 Å². The largest absolute Gasteiger partial charge is 0.480 e. The van der Waals surface area contributed by atoms with Crippen LogP contribution in [0.2, 0.25) is 0 Å². The molecule has 3 N–H and O–H groups in total. The average molecular weight is 258 g/mol. The maximum Gasteiger partial charge on any atom is 0.320 e. The molecule has 1 aromatic carbocycles. The van der Waals surface area contributed by atoms with Crippen molar-refractivity contribution in [1.29, 1.82) is 0 Å². The molecule has 0 saturated heterocycles. The van der Waals surface area contributed by atoms with Crippen molar-refractivity contribution < 1.29 is 9.90 Å². The molecule has 1 atom stereocenters. The Morgan fingerprint density at radius 2 is 2.29 bits per heavy atom. The smallest absolute Gasteiger partial charge is 0.320 e. The van der Waals surface area contributed by atoms with E-state index in [1.807, 2.05) is 24.3 Å². The Morgan fingerprint density at radius 1 is 1.57 bits per heavy atom. The van der Waals surface area contributed by atoms with Crippen LogP contribution in [0.25, 0.3) is 0 Å². The number of aliphatic carboxylic acids is 1. The number of carbonyl (C=O) groups is 1. The molecule has 4 heteroatoms. The first kappa shape index (κ1) is 11.2. The maximum absolute atomic E-state index is 10.5. The fraction of sp³-hybridized carbons (Fsp3) is 0.300. The third kappa shape index (κ3) is 3.47. The van der Waals surface area contributed by atoms with Gasteiger partial charge < -0.3 is 10.8 Å². The summed E-state index contributed by atoms with van der Waals surface area (Å²) >= 11 is 3.35. The van der Waals surface area contributed by atoms with E-state index in [9.17, 15) is 4.79 Å². The first-order valence-corrected chi connectivity index (χ1v) is 5.11. The zero-order valence-corrected chi connectivity index (χ0v) is 9.20. The Bertz CT molecular complexity index is 328. The number of benzene rings is 1. The predicted molar refractivity (Wildman–Crippen MR) is 58.1 cm³/mol. The van der Waals surface area contributed by atoms with Gasteiger partial charge >= 0.3 is 5.97 Å². The van der Waals surface area contributed by atoms with Crippen LogP contribution in [-0.2, 0) is 11.2 Å². The number of aryl methyl sites for hydroxylation is 1. The van der Waals surface area contributed by atoms with Gasteiger partial charge in [-0.2, -0.15) is 0 Å². The van der Waals surface area contributed by atoms with Gasteiger partial charge in [0.25, 0.3) is 0 Å². The fourth-order valence-electron chi connectivity index (χ4n) is 1.14. The third-order valence-electron chi connectivity index (χ3n) is 1.95. The lowest BCUT2D eigenvalue weighted by atomic mass is 10.1. The first-order chi connectivity index (χ1) is 6.59. The predicted octanol–water partition coefficient (Wildman–Crippen LogP) is 1.79. The highest BCUT2D eigenvalue weighted by Gasteiger charge is 2.10. The number of hydrogen-bond acceptors (Lipinski definition) is 2. The lowest BCUT2D eigenvalue weighted by Crippen LogP contribution is -2.30. The van der Waals surface area contributed by atoms with Gasteiger partial charge in [0, 0.05) is 4.47 Å². The highest BCUT2D eigenvalue weighted by molar-refractivity contribution is 9.10. The monoisotopic (exact) mass is 257 g/mol. The van der Waals surface area contributed by atoms with Crippen LogP contribution in [0.15, 0.2) is 28.7 Å². The second-order valence-corrected chi connectivity index (χ2v) is 4.03. The van der Waals surface area contributed by atoms with E-state index in [0.29, 0.717) is 12.8 Å². The Hall–Kier alpha value is -0.870. The zero-order chi connectivity index (χ0) is 10.6. The van der Waals surface area contributed by atoms with Crippen molar-refractivity contribution in [3.8, 4) is 0 Å². The summed E-state index contributed by atoms with van der Waals surface area (Å²) in [4.78, 5) is 10.5.